The standard InChI is InChI=1S/C15H17FN2O2/c1-18-13-6-7-14(18)9-12(8-13)17-20-15(19)10-2-4-11(16)5-3-10/h2-5,8,13-14,17H,6-7,9H2,1H3. The molecule has 0 amide bonds. The molecule has 1 aromatic rings. The predicted octanol–water partition coefficient (Wildman–Crippen LogP) is 2.24. The molecule has 0 saturated carbocycles. The van der Waals surface area contributed by atoms with Crippen LogP contribution in [0, 0.1) is 5.82 Å². The normalized spacial score (nSPS) is 25.2. The van der Waals surface area contributed by atoms with Gasteiger partial charge in [0.2, 0.25) is 0 Å². The summed E-state index contributed by atoms with van der Waals surface area (Å²) in [5.74, 6) is -0.874. The number of rotatable bonds is 3. The van der Waals surface area contributed by atoms with E-state index in [2.05, 4.69) is 23.5 Å². The molecule has 2 unspecified atom stereocenters. The van der Waals surface area contributed by atoms with Crippen LogP contribution in [0.3, 0.4) is 0 Å². The van der Waals surface area contributed by atoms with Gasteiger partial charge in [0, 0.05) is 24.2 Å². The fraction of sp³-hybridized carbons (Fsp3) is 0.400. The zero-order chi connectivity index (χ0) is 14.1. The number of nitrogens with zero attached hydrogens (tertiary/aromatic N) is 1. The summed E-state index contributed by atoms with van der Waals surface area (Å²) in [6.45, 7) is 0. The fourth-order valence-corrected chi connectivity index (χ4v) is 2.87. The molecule has 4 nitrogen and oxygen atoms in total. The van der Waals surface area contributed by atoms with E-state index in [0.29, 0.717) is 17.6 Å². The van der Waals surface area contributed by atoms with E-state index in [1.807, 2.05) is 0 Å². The van der Waals surface area contributed by atoms with Crippen LogP contribution < -0.4 is 5.48 Å². The third-order valence-electron chi connectivity index (χ3n) is 4.10. The van der Waals surface area contributed by atoms with Crippen LogP contribution in [0.1, 0.15) is 29.6 Å². The van der Waals surface area contributed by atoms with E-state index < -0.39 is 5.97 Å². The van der Waals surface area contributed by atoms with Crippen molar-refractivity contribution in [3.63, 3.8) is 0 Å². The van der Waals surface area contributed by atoms with Gasteiger partial charge in [-0.25, -0.2) is 14.7 Å². The van der Waals surface area contributed by atoms with Crippen LogP contribution in [0.2, 0.25) is 0 Å². The SMILES string of the molecule is CN1C2C=C(NOC(=O)c3ccc(F)cc3)CC1CC2. The Bertz CT molecular complexity index is 541. The monoisotopic (exact) mass is 276 g/mol. The van der Waals surface area contributed by atoms with Crippen molar-refractivity contribution in [1.29, 1.82) is 0 Å². The van der Waals surface area contributed by atoms with Gasteiger partial charge in [-0.1, -0.05) is 0 Å². The second kappa shape index (κ2) is 5.25. The van der Waals surface area contributed by atoms with Gasteiger partial charge in [-0.05, 0) is 50.2 Å². The maximum Gasteiger partial charge on any atom is 0.362 e. The van der Waals surface area contributed by atoms with Gasteiger partial charge in [0.1, 0.15) is 5.82 Å². The van der Waals surface area contributed by atoms with Crippen molar-refractivity contribution in [3.8, 4) is 0 Å². The molecule has 2 aliphatic heterocycles. The van der Waals surface area contributed by atoms with E-state index in [1.54, 1.807) is 0 Å². The van der Waals surface area contributed by atoms with Gasteiger partial charge in [-0.3, -0.25) is 4.90 Å². The lowest BCUT2D eigenvalue weighted by Crippen LogP contribution is -2.37. The van der Waals surface area contributed by atoms with Crippen LogP contribution in [-0.2, 0) is 4.84 Å². The van der Waals surface area contributed by atoms with Crippen molar-refractivity contribution in [2.75, 3.05) is 7.05 Å². The first-order valence-corrected chi connectivity index (χ1v) is 6.79. The Balaban J connectivity index is 1.59. The molecule has 2 bridgehead atoms. The van der Waals surface area contributed by atoms with Crippen LogP contribution in [0.25, 0.3) is 0 Å². The number of hydrogen-bond acceptors (Lipinski definition) is 4. The second-order valence-corrected chi connectivity index (χ2v) is 5.36. The van der Waals surface area contributed by atoms with Crippen molar-refractivity contribution in [2.45, 2.75) is 31.3 Å². The van der Waals surface area contributed by atoms with Gasteiger partial charge in [-0.2, -0.15) is 0 Å². The molecule has 1 saturated heterocycles. The zero-order valence-electron chi connectivity index (χ0n) is 11.3. The molecule has 2 heterocycles. The molecular weight excluding hydrogens is 259 g/mol. The first-order chi connectivity index (χ1) is 9.63. The number of hydroxylamine groups is 1. The maximum atomic E-state index is 12.8. The van der Waals surface area contributed by atoms with Gasteiger partial charge >= 0.3 is 5.97 Å². The average molecular weight is 276 g/mol. The van der Waals surface area contributed by atoms with Crippen molar-refractivity contribution in [1.82, 2.24) is 10.4 Å². The van der Waals surface area contributed by atoms with Crippen LogP contribution in [-0.4, -0.2) is 30.0 Å². The number of benzene rings is 1. The predicted molar refractivity (Wildman–Crippen MR) is 72.2 cm³/mol. The number of hydrogen-bond donors (Lipinski definition) is 1. The molecule has 2 aliphatic rings. The summed E-state index contributed by atoms with van der Waals surface area (Å²) in [5.41, 5.74) is 4.03. The first-order valence-electron chi connectivity index (χ1n) is 6.79. The summed E-state index contributed by atoms with van der Waals surface area (Å²) in [5, 5.41) is 0. The minimum absolute atomic E-state index is 0.329. The number of nitrogens with one attached hydrogen (secondary N) is 1. The molecule has 1 aromatic carbocycles. The minimum atomic E-state index is -0.503. The summed E-state index contributed by atoms with van der Waals surface area (Å²) in [6.07, 6.45) is 5.30. The third kappa shape index (κ3) is 2.54. The highest BCUT2D eigenvalue weighted by Gasteiger charge is 2.34. The summed E-state index contributed by atoms with van der Waals surface area (Å²) in [4.78, 5) is 19.2. The Hall–Kier alpha value is -1.88. The van der Waals surface area contributed by atoms with Crippen LogP contribution in [0.5, 0.6) is 0 Å². The highest BCUT2D eigenvalue weighted by molar-refractivity contribution is 5.89. The third-order valence-corrected chi connectivity index (χ3v) is 4.10. The molecule has 20 heavy (non-hydrogen) atoms. The lowest BCUT2D eigenvalue weighted by atomic mass is 10.1. The van der Waals surface area contributed by atoms with E-state index in [-0.39, 0.29) is 5.82 Å². The molecule has 1 fully saturated rings. The highest BCUT2D eigenvalue weighted by Crippen LogP contribution is 2.32. The number of carbonyl (C=O) groups is 1. The Labute approximate surface area is 117 Å². The first kappa shape index (κ1) is 13.1. The van der Waals surface area contributed by atoms with E-state index in [0.717, 1.165) is 18.5 Å². The quantitative estimate of drug-likeness (QED) is 0.860. The number of halogens is 1. The summed E-state index contributed by atoms with van der Waals surface area (Å²) in [6, 6.07) is 6.26. The van der Waals surface area contributed by atoms with Gasteiger partial charge in [0.25, 0.3) is 0 Å². The fourth-order valence-electron chi connectivity index (χ4n) is 2.87. The molecule has 3 rings (SSSR count). The second-order valence-electron chi connectivity index (χ2n) is 5.36. The Morgan fingerprint density at radius 3 is 2.80 bits per heavy atom. The summed E-state index contributed by atoms with van der Waals surface area (Å²) in [7, 11) is 2.13. The van der Waals surface area contributed by atoms with Crippen molar-refractivity contribution in [3.05, 3.63) is 47.4 Å². The lowest BCUT2D eigenvalue weighted by Gasteiger charge is -2.30. The molecule has 5 heteroatoms. The molecule has 2 atom stereocenters. The van der Waals surface area contributed by atoms with Crippen LogP contribution in [0.4, 0.5) is 4.39 Å². The molecule has 0 aromatic heterocycles. The van der Waals surface area contributed by atoms with Crippen LogP contribution in [0.15, 0.2) is 36.0 Å². The summed E-state index contributed by atoms with van der Waals surface area (Å²) < 4.78 is 12.8. The average Bonchev–Trinajstić information content (AvgIpc) is 2.66. The van der Waals surface area contributed by atoms with Gasteiger partial charge < -0.3 is 4.84 Å². The number of fused-ring (bicyclic) bond motifs is 2. The highest BCUT2D eigenvalue weighted by atomic mass is 19.1. The Morgan fingerprint density at radius 2 is 2.10 bits per heavy atom. The van der Waals surface area contributed by atoms with E-state index in [1.165, 1.54) is 30.7 Å². The Kier molecular flexibility index (Phi) is 3.44. The molecule has 1 N–H and O–H groups in total. The maximum absolute atomic E-state index is 12.8. The van der Waals surface area contributed by atoms with Gasteiger partial charge in [-0.15, -0.1) is 0 Å². The number of carbonyl (C=O) groups excluding carboxylic acids is 1. The van der Waals surface area contributed by atoms with E-state index >= 15 is 0 Å². The number of likely N-dealkylation sites (N-methyl/N-ethyl adjacent to an activating group) is 1. The topological polar surface area (TPSA) is 41.6 Å². The largest absolute Gasteiger partial charge is 0.362 e. The van der Waals surface area contributed by atoms with Gasteiger partial charge in [0.15, 0.2) is 0 Å². The molecule has 0 radical (unpaired) electrons. The van der Waals surface area contributed by atoms with Gasteiger partial charge in [0.05, 0.1) is 5.56 Å². The lowest BCUT2D eigenvalue weighted by molar-refractivity contribution is 0.0302. The van der Waals surface area contributed by atoms with Crippen molar-refractivity contribution in [2.24, 2.45) is 0 Å². The molecule has 0 aliphatic carbocycles. The minimum Gasteiger partial charge on any atom is -0.338 e. The Morgan fingerprint density at radius 1 is 1.35 bits per heavy atom. The van der Waals surface area contributed by atoms with Crippen molar-refractivity contribution >= 4 is 5.97 Å². The zero-order valence-corrected chi connectivity index (χ0v) is 11.3. The summed E-state index contributed by atoms with van der Waals surface area (Å²) >= 11 is 0. The molecular formula is C15H17FN2O2. The van der Waals surface area contributed by atoms with Crippen LogP contribution >= 0.6 is 0 Å². The molecule has 106 valence electrons. The van der Waals surface area contributed by atoms with E-state index in [4.69, 9.17) is 4.84 Å². The van der Waals surface area contributed by atoms with E-state index in [9.17, 15) is 9.18 Å². The van der Waals surface area contributed by atoms with Crippen molar-refractivity contribution < 1.29 is 14.0 Å². The molecule has 0 spiro atoms. The smallest absolute Gasteiger partial charge is 0.338 e.